The molecule has 0 bridgehead atoms. The fourth-order valence-electron chi connectivity index (χ4n) is 2.27. The van der Waals surface area contributed by atoms with E-state index < -0.39 is 0 Å². The minimum atomic E-state index is -0.127. The molecule has 0 unspecified atom stereocenters. The van der Waals surface area contributed by atoms with E-state index in [4.69, 9.17) is 23.2 Å². The number of benzene rings is 1. The van der Waals surface area contributed by atoms with Gasteiger partial charge in [-0.15, -0.1) is 0 Å². The molecular weight excluding hydrogens is 311 g/mol. The summed E-state index contributed by atoms with van der Waals surface area (Å²) < 4.78 is 0. The van der Waals surface area contributed by atoms with Gasteiger partial charge in [0.2, 0.25) is 5.91 Å². The van der Waals surface area contributed by atoms with Crippen LogP contribution in [0.15, 0.2) is 23.9 Å². The molecule has 2 rings (SSSR count). The second-order valence-corrected chi connectivity index (χ2v) is 5.88. The van der Waals surface area contributed by atoms with Crippen molar-refractivity contribution >= 4 is 40.6 Å². The third kappa shape index (κ3) is 3.06. The summed E-state index contributed by atoms with van der Waals surface area (Å²) in [5.74, 6) is -0.191. The SMILES string of the molecule is CCC(=O)N1CC(=CN(C)C)C(=O)c2cc(Cl)c(Cl)cc21. The molecule has 1 aromatic carbocycles. The van der Waals surface area contributed by atoms with Crippen LogP contribution in [0.5, 0.6) is 0 Å². The van der Waals surface area contributed by atoms with Gasteiger partial charge in [0.15, 0.2) is 5.78 Å². The molecular formula is C15H16Cl2N2O2. The average molecular weight is 327 g/mol. The van der Waals surface area contributed by atoms with Crippen LogP contribution >= 0.6 is 23.2 Å². The number of halogens is 2. The van der Waals surface area contributed by atoms with E-state index in [-0.39, 0.29) is 18.2 Å². The highest BCUT2D eigenvalue weighted by Crippen LogP contribution is 2.36. The zero-order valence-electron chi connectivity index (χ0n) is 12.1. The van der Waals surface area contributed by atoms with Gasteiger partial charge in [-0.25, -0.2) is 0 Å². The first-order valence-corrected chi connectivity index (χ1v) is 7.32. The van der Waals surface area contributed by atoms with Crippen LogP contribution in [0.25, 0.3) is 0 Å². The molecule has 1 aromatic rings. The summed E-state index contributed by atoms with van der Waals surface area (Å²) in [5.41, 5.74) is 1.48. The third-order valence-corrected chi connectivity index (χ3v) is 3.93. The summed E-state index contributed by atoms with van der Waals surface area (Å²) in [5, 5.41) is 0.635. The number of Topliss-reactive ketones (excluding diaryl/α,β-unsaturated/α-hetero) is 1. The number of hydrogen-bond acceptors (Lipinski definition) is 3. The highest BCUT2D eigenvalue weighted by atomic mass is 35.5. The van der Waals surface area contributed by atoms with Gasteiger partial charge in [0.25, 0.3) is 0 Å². The van der Waals surface area contributed by atoms with Crippen LogP contribution in [0.1, 0.15) is 23.7 Å². The minimum absolute atomic E-state index is 0.0632. The molecule has 0 saturated carbocycles. The van der Waals surface area contributed by atoms with E-state index in [1.165, 1.54) is 6.07 Å². The van der Waals surface area contributed by atoms with E-state index in [0.717, 1.165) is 0 Å². The molecule has 1 heterocycles. The maximum atomic E-state index is 12.5. The first kappa shape index (κ1) is 15.9. The predicted octanol–water partition coefficient (Wildman–Crippen LogP) is 3.38. The molecule has 0 saturated heterocycles. The van der Waals surface area contributed by atoms with Crippen LogP contribution in [0.4, 0.5) is 5.69 Å². The van der Waals surface area contributed by atoms with Crippen molar-refractivity contribution in [3.63, 3.8) is 0 Å². The lowest BCUT2D eigenvalue weighted by Gasteiger charge is -2.31. The molecule has 0 N–H and O–H groups in total. The van der Waals surface area contributed by atoms with E-state index in [1.807, 2.05) is 14.1 Å². The molecule has 112 valence electrons. The summed E-state index contributed by atoms with van der Waals surface area (Å²) in [6, 6.07) is 3.11. The zero-order valence-corrected chi connectivity index (χ0v) is 13.6. The molecule has 0 aromatic heterocycles. The number of amides is 1. The number of carbonyl (C=O) groups excluding carboxylic acids is 2. The second-order valence-electron chi connectivity index (χ2n) is 5.06. The van der Waals surface area contributed by atoms with E-state index in [9.17, 15) is 9.59 Å². The number of rotatable bonds is 2. The number of fused-ring (bicyclic) bond motifs is 1. The lowest BCUT2D eigenvalue weighted by atomic mass is 9.96. The predicted molar refractivity (Wildman–Crippen MR) is 85.2 cm³/mol. The lowest BCUT2D eigenvalue weighted by molar-refractivity contribution is -0.118. The minimum Gasteiger partial charge on any atom is -0.383 e. The van der Waals surface area contributed by atoms with Crippen molar-refractivity contribution in [1.82, 2.24) is 4.90 Å². The maximum absolute atomic E-state index is 12.5. The fraction of sp³-hybridized carbons (Fsp3) is 0.333. The Morgan fingerprint density at radius 2 is 1.95 bits per heavy atom. The Bertz CT molecular complexity index is 639. The normalized spacial score (nSPS) is 16.1. The molecule has 0 radical (unpaired) electrons. The van der Waals surface area contributed by atoms with Gasteiger partial charge in [-0.05, 0) is 12.1 Å². The molecule has 0 fully saturated rings. The lowest BCUT2D eigenvalue weighted by Crippen LogP contribution is -2.39. The third-order valence-electron chi connectivity index (χ3n) is 3.21. The average Bonchev–Trinajstić information content (AvgIpc) is 2.43. The Kier molecular flexibility index (Phi) is 4.59. The van der Waals surface area contributed by atoms with E-state index in [1.54, 1.807) is 29.0 Å². The Hall–Kier alpha value is -1.52. The summed E-state index contributed by atoms with van der Waals surface area (Å²) in [6.45, 7) is 2.03. The molecule has 21 heavy (non-hydrogen) atoms. The van der Waals surface area contributed by atoms with Crippen LogP contribution in [0.2, 0.25) is 10.0 Å². The fourth-order valence-corrected chi connectivity index (χ4v) is 2.59. The monoisotopic (exact) mass is 326 g/mol. The largest absolute Gasteiger partial charge is 0.383 e. The highest BCUT2D eigenvalue weighted by molar-refractivity contribution is 6.42. The molecule has 4 nitrogen and oxygen atoms in total. The first-order valence-electron chi connectivity index (χ1n) is 6.56. The van der Waals surface area contributed by atoms with Gasteiger partial charge in [-0.3, -0.25) is 9.59 Å². The van der Waals surface area contributed by atoms with E-state index in [2.05, 4.69) is 0 Å². The Morgan fingerprint density at radius 1 is 1.33 bits per heavy atom. The number of nitrogens with zero attached hydrogens (tertiary/aromatic N) is 2. The molecule has 1 aliphatic rings. The van der Waals surface area contributed by atoms with Crippen LogP contribution in [-0.2, 0) is 4.79 Å². The van der Waals surface area contributed by atoms with Crippen molar-refractivity contribution in [3.8, 4) is 0 Å². The van der Waals surface area contributed by atoms with Crippen molar-refractivity contribution < 1.29 is 9.59 Å². The molecule has 1 amide bonds. The van der Waals surface area contributed by atoms with Gasteiger partial charge in [0.1, 0.15) is 0 Å². The van der Waals surface area contributed by atoms with Crippen molar-refractivity contribution in [2.75, 3.05) is 25.5 Å². The van der Waals surface area contributed by atoms with E-state index >= 15 is 0 Å². The van der Waals surface area contributed by atoms with Crippen molar-refractivity contribution in [2.24, 2.45) is 0 Å². The molecule has 0 atom stereocenters. The van der Waals surface area contributed by atoms with Crippen molar-refractivity contribution in [3.05, 3.63) is 39.5 Å². The van der Waals surface area contributed by atoms with Gasteiger partial charge < -0.3 is 9.80 Å². The van der Waals surface area contributed by atoms with Crippen LogP contribution < -0.4 is 4.90 Å². The standard InChI is InChI=1S/C15H16Cl2N2O2/c1-4-14(20)19-8-9(7-18(2)3)15(21)10-5-11(16)12(17)6-13(10)19/h5-7H,4,8H2,1-3H3. The number of carbonyl (C=O) groups is 2. The van der Waals surface area contributed by atoms with Gasteiger partial charge >= 0.3 is 0 Å². The Labute approximate surface area is 133 Å². The van der Waals surface area contributed by atoms with Gasteiger partial charge in [-0.1, -0.05) is 30.1 Å². The van der Waals surface area contributed by atoms with Gasteiger partial charge in [0, 0.05) is 37.9 Å². The zero-order chi connectivity index (χ0) is 15.7. The number of anilines is 1. The Balaban J connectivity index is 2.62. The summed E-state index contributed by atoms with van der Waals surface area (Å²) in [4.78, 5) is 28.1. The molecule has 0 spiro atoms. The topological polar surface area (TPSA) is 40.6 Å². The van der Waals surface area contributed by atoms with Crippen molar-refractivity contribution in [2.45, 2.75) is 13.3 Å². The Morgan fingerprint density at radius 3 is 2.52 bits per heavy atom. The second kappa shape index (κ2) is 6.08. The van der Waals surface area contributed by atoms with Crippen molar-refractivity contribution in [1.29, 1.82) is 0 Å². The van der Waals surface area contributed by atoms with Gasteiger partial charge in [0.05, 0.1) is 22.3 Å². The first-order chi connectivity index (χ1) is 9.85. The smallest absolute Gasteiger partial charge is 0.227 e. The van der Waals surface area contributed by atoms with E-state index in [0.29, 0.717) is 33.3 Å². The van der Waals surface area contributed by atoms with Crippen LogP contribution in [-0.4, -0.2) is 37.2 Å². The quantitative estimate of drug-likeness (QED) is 0.782. The molecule has 0 aliphatic carbocycles. The number of hydrogen-bond donors (Lipinski definition) is 0. The molecule has 1 aliphatic heterocycles. The van der Waals surface area contributed by atoms with Gasteiger partial charge in [-0.2, -0.15) is 0 Å². The summed E-state index contributed by atoms with van der Waals surface area (Å²) in [7, 11) is 3.66. The highest BCUT2D eigenvalue weighted by Gasteiger charge is 2.31. The number of ketones is 1. The summed E-state index contributed by atoms with van der Waals surface area (Å²) >= 11 is 12.0. The van der Waals surface area contributed by atoms with Crippen LogP contribution in [0, 0.1) is 0 Å². The summed E-state index contributed by atoms with van der Waals surface area (Å²) in [6.07, 6.45) is 2.08. The molecule has 6 heteroatoms. The maximum Gasteiger partial charge on any atom is 0.227 e. The van der Waals surface area contributed by atoms with Crippen LogP contribution in [0.3, 0.4) is 0 Å².